The molecule has 3 aromatic carbocycles. The molecule has 38 heavy (non-hydrogen) atoms. The van der Waals surface area contributed by atoms with Crippen LogP contribution >= 0.6 is 11.6 Å². The Labute approximate surface area is 226 Å². The smallest absolute Gasteiger partial charge is 0.329 e. The molecule has 0 atom stereocenters. The number of hydrazone groups is 1. The summed E-state index contributed by atoms with van der Waals surface area (Å²) in [5.74, 6) is -1.70. The van der Waals surface area contributed by atoms with Crippen LogP contribution in [0.5, 0.6) is 11.5 Å². The van der Waals surface area contributed by atoms with Crippen LogP contribution in [-0.4, -0.2) is 37.7 Å². The molecule has 0 aromatic heterocycles. The molecule has 0 heterocycles. The summed E-state index contributed by atoms with van der Waals surface area (Å²) >= 11 is 6.36. The molecule has 0 aliphatic rings. The van der Waals surface area contributed by atoms with Crippen LogP contribution in [0.4, 0.5) is 11.4 Å². The van der Waals surface area contributed by atoms with Gasteiger partial charge in [0.15, 0.2) is 18.1 Å². The van der Waals surface area contributed by atoms with Gasteiger partial charge in [0.05, 0.1) is 18.3 Å². The standard InChI is InChI=1S/C28H29ClN4O5/c1-16-9-10-22(19(4)11-16)31-24(34)15-38-26-21(29)12-20(13-23(26)37-5)14-30-33-28(36)27(35)32-25-17(2)7-6-8-18(25)3/h6-14H,15H2,1-5H3,(H,31,34)(H,32,35)(H,33,36)/b30-14-. The van der Waals surface area contributed by atoms with E-state index in [0.29, 0.717) is 16.9 Å². The summed E-state index contributed by atoms with van der Waals surface area (Å²) in [6.45, 7) is 7.26. The fraction of sp³-hybridized carbons (Fsp3) is 0.214. The monoisotopic (exact) mass is 536 g/mol. The molecule has 0 saturated carbocycles. The molecule has 0 unspecified atom stereocenters. The van der Waals surface area contributed by atoms with E-state index in [9.17, 15) is 14.4 Å². The number of nitrogens with zero attached hydrogens (tertiary/aromatic N) is 1. The number of nitrogens with one attached hydrogen (secondary N) is 3. The Kier molecular flexibility index (Phi) is 9.45. The Hall–Kier alpha value is -4.37. The van der Waals surface area contributed by atoms with Crippen molar-refractivity contribution in [2.75, 3.05) is 24.4 Å². The molecule has 0 spiro atoms. The highest BCUT2D eigenvalue weighted by molar-refractivity contribution is 6.39. The fourth-order valence-electron chi connectivity index (χ4n) is 3.63. The molecule has 0 saturated heterocycles. The normalized spacial score (nSPS) is 10.7. The molecule has 3 rings (SSSR count). The second-order valence-corrected chi connectivity index (χ2v) is 9.02. The number of ether oxygens (including phenoxy) is 2. The molecule has 198 valence electrons. The lowest BCUT2D eigenvalue weighted by molar-refractivity contribution is -0.136. The van der Waals surface area contributed by atoms with Crippen LogP contribution in [0.3, 0.4) is 0 Å². The molecule has 0 bridgehead atoms. The van der Waals surface area contributed by atoms with Gasteiger partial charge in [-0.15, -0.1) is 0 Å². The van der Waals surface area contributed by atoms with Crippen LogP contribution in [0.1, 0.15) is 27.8 Å². The van der Waals surface area contributed by atoms with Crippen LogP contribution in [0.15, 0.2) is 53.6 Å². The Balaban J connectivity index is 1.60. The molecule has 10 heteroatoms. The van der Waals surface area contributed by atoms with Gasteiger partial charge in [-0.3, -0.25) is 14.4 Å². The van der Waals surface area contributed by atoms with Gasteiger partial charge >= 0.3 is 11.8 Å². The molecular formula is C28H29ClN4O5. The van der Waals surface area contributed by atoms with E-state index >= 15 is 0 Å². The van der Waals surface area contributed by atoms with Crippen molar-refractivity contribution in [2.24, 2.45) is 5.10 Å². The van der Waals surface area contributed by atoms with E-state index in [0.717, 1.165) is 22.3 Å². The maximum absolute atomic E-state index is 12.4. The molecule has 3 amide bonds. The SMILES string of the molecule is COc1cc(/C=N\NC(=O)C(=O)Nc2c(C)cccc2C)cc(Cl)c1OCC(=O)Nc1ccc(C)cc1C. The zero-order valence-electron chi connectivity index (χ0n) is 21.8. The van der Waals surface area contributed by atoms with Gasteiger partial charge in [-0.05, 0) is 68.1 Å². The number of carbonyl (C=O) groups is 3. The van der Waals surface area contributed by atoms with E-state index in [1.165, 1.54) is 19.4 Å². The minimum atomic E-state index is -0.934. The lowest BCUT2D eigenvalue weighted by Gasteiger charge is -2.14. The molecular weight excluding hydrogens is 508 g/mol. The van der Waals surface area contributed by atoms with Crippen molar-refractivity contribution in [2.45, 2.75) is 27.7 Å². The maximum atomic E-state index is 12.4. The number of benzene rings is 3. The zero-order valence-corrected chi connectivity index (χ0v) is 22.5. The highest BCUT2D eigenvalue weighted by Crippen LogP contribution is 2.36. The average molecular weight is 537 g/mol. The molecule has 0 aliphatic heterocycles. The Bertz CT molecular complexity index is 1380. The number of aryl methyl sites for hydroxylation is 4. The predicted molar refractivity (Wildman–Crippen MR) is 148 cm³/mol. The second-order valence-electron chi connectivity index (χ2n) is 8.61. The average Bonchev–Trinajstić information content (AvgIpc) is 2.86. The zero-order chi connectivity index (χ0) is 27.8. The van der Waals surface area contributed by atoms with Gasteiger partial charge in [0.2, 0.25) is 0 Å². The molecule has 0 radical (unpaired) electrons. The summed E-state index contributed by atoms with van der Waals surface area (Å²) in [5, 5.41) is 9.39. The van der Waals surface area contributed by atoms with E-state index in [4.69, 9.17) is 21.1 Å². The van der Waals surface area contributed by atoms with E-state index in [1.807, 2.05) is 64.1 Å². The third kappa shape index (κ3) is 7.33. The quantitative estimate of drug-likeness (QED) is 0.219. The van der Waals surface area contributed by atoms with Gasteiger partial charge in [-0.2, -0.15) is 5.10 Å². The number of methoxy groups -OCH3 is 1. The van der Waals surface area contributed by atoms with Gasteiger partial charge < -0.3 is 20.1 Å². The van der Waals surface area contributed by atoms with Crippen LogP contribution in [0, 0.1) is 27.7 Å². The summed E-state index contributed by atoms with van der Waals surface area (Å²) in [6.07, 6.45) is 1.30. The first-order chi connectivity index (χ1) is 18.1. The van der Waals surface area contributed by atoms with Crippen molar-refractivity contribution in [3.05, 3.63) is 81.4 Å². The second kappa shape index (κ2) is 12.7. The largest absolute Gasteiger partial charge is 0.493 e. The number of amides is 3. The molecule has 3 N–H and O–H groups in total. The van der Waals surface area contributed by atoms with Crippen LogP contribution < -0.4 is 25.5 Å². The lowest BCUT2D eigenvalue weighted by Crippen LogP contribution is -2.32. The maximum Gasteiger partial charge on any atom is 0.329 e. The van der Waals surface area contributed by atoms with Crippen molar-refractivity contribution in [3.8, 4) is 11.5 Å². The Morgan fingerprint density at radius 2 is 1.63 bits per heavy atom. The minimum absolute atomic E-state index is 0.171. The molecule has 9 nitrogen and oxygen atoms in total. The summed E-state index contributed by atoms with van der Waals surface area (Å²) in [5.41, 5.74) is 7.62. The van der Waals surface area contributed by atoms with Crippen molar-refractivity contribution < 1.29 is 23.9 Å². The Morgan fingerprint density at radius 1 is 0.921 bits per heavy atom. The molecule has 0 fully saturated rings. The van der Waals surface area contributed by atoms with Gasteiger partial charge in [-0.1, -0.05) is 47.5 Å². The van der Waals surface area contributed by atoms with Crippen molar-refractivity contribution in [3.63, 3.8) is 0 Å². The first kappa shape index (κ1) is 28.2. The molecule has 0 aliphatic carbocycles. The third-order valence-electron chi connectivity index (χ3n) is 5.56. The number of para-hydroxylation sites is 1. The van der Waals surface area contributed by atoms with Crippen LogP contribution in [-0.2, 0) is 14.4 Å². The number of anilines is 2. The molecule has 3 aromatic rings. The first-order valence-electron chi connectivity index (χ1n) is 11.7. The first-order valence-corrected chi connectivity index (χ1v) is 12.0. The van der Waals surface area contributed by atoms with Crippen molar-refractivity contribution >= 4 is 46.9 Å². The minimum Gasteiger partial charge on any atom is -0.493 e. The number of hydrogen-bond donors (Lipinski definition) is 3. The highest BCUT2D eigenvalue weighted by atomic mass is 35.5. The number of hydrogen-bond acceptors (Lipinski definition) is 6. The van der Waals surface area contributed by atoms with Crippen molar-refractivity contribution in [1.29, 1.82) is 0 Å². The fourth-order valence-corrected chi connectivity index (χ4v) is 3.90. The summed E-state index contributed by atoms with van der Waals surface area (Å²) < 4.78 is 11.0. The third-order valence-corrected chi connectivity index (χ3v) is 5.84. The Morgan fingerprint density at radius 3 is 2.29 bits per heavy atom. The topological polar surface area (TPSA) is 118 Å². The van der Waals surface area contributed by atoms with E-state index < -0.39 is 11.8 Å². The predicted octanol–water partition coefficient (Wildman–Crippen LogP) is 4.69. The van der Waals surface area contributed by atoms with E-state index in [1.54, 1.807) is 6.07 Å². The van der Waals surface area contributed by atoms with Gasteiger partial charge in [0.25, 0.3) is 5.91 Å². The van der Waals surface area contributed by atoms with Gasteiger partial charge in [0, 0.05) is 11.4 Å². The number of carbonyl (C=O) groups excluding carboxylic acids is 3. The highest BCUT2D eigenvalue weighted by Gasteiger charge is 2.16. The number of halogens is 1. The van der Waals surface area contributed by atoms with Crippen molar-refractivity contribution in [1.82, 2.24) is 5.43 Å². The van der Waals surface area contributed by atoms with E-state index in [2.05, 4.69) is 21.2 Å². The van der Waals surface area contributed by atoms with E-state index in [-0.39, 0.29) is 29.0 Å². The summed E-state index contributed by atoms with van der Waals surface area (Å²) in [4.78, 5) is 36.8. The van der Waals surface area contributed by atoms with Crippen LogP contribution in [0.2, 0.25) is 5.02 Å². The summed E-state index contributed by atoms with van der Waals surface area (Å²) in [6, 6.07) is 14.3. The summed E-state index contributed by atoms with van der Waals surface area (Å²) in [7, 11) is 1.43. The van der Waals surface area contributed by atoms with Gasteiger partial charge in [-0.25, -0.2) is 5.43 Å². The van der Waals surface area contributed by atoms with Crippen LogP contribution in [0.25, 0.3) is 0 Å². The lowest BCUT2D eigenvalue weighted by atomic mass is 10.1. The van der Waals surface area contributed by atoms with Gasteiger partial charge in [0.1, 0.15) is 0 Å². The number of rotatable bonds is 8.